The van der Waals surface area contributed by atoms with Crippen LogP contribution in [0.4, 0.5) is 17.1 Å². The van der Waals surface area contributed by atoms with Crippen LogP contribution in [0.5, 0.6) is 11.5 Å². The number of rotatable bonds is 4. The molecule has 212 valence electrons. The highest BCUT2D eigenvalue weighted by Gasteiger charge is 2.24. The molecule has 3 heteroatoms. The molecule has 0 radical (unpaired) electrons. The predicted octanol–water partition coefficient (Wildman–Crippen LogP) is 12.2. The SMILES string of the molecule is c1ccc(-c2ccc(N(c3ccc4c(c3)-c3ccccc3-c3ccccc3O4)c3cccc4c3oc3ccccc34)cc2)cc1. The summed E-state index contributed by atoms with van der Waals surface area (Å²) in [6.45, 7) is 0. The first-order valence-corrected chi connectivity index (χ1v) is 15.2. The van der Waals surface area contributed by atoms with E-state index in [2.05, 4.69) is 138 Å². The summed E-state index contributed by atoms with van der Waals surface area (Å²) in [4.78, 5) is 2.29. The highest BCUT2D eigenvalue weighted by molar-refractivity contribution is 6.10. The van der Waals surface area contributed by atoms with Crippen LogP contribution >= 0.6 is 0 Å². The Morgan fingerprint density at radius 3 is 1.87 bits per heavy atom. The molecule has 0 bridgehead atoms. The first-order chi connectivity index (χ1) is 22.3. The summed E-state index contributed by atoms with van der Waals surface area (Å²) in [5.41, 5.74) is 11.5. The van der Waals surface area contributed by atoms with Crippen LogP contribution in [0.2, 0.25) is 0 Å². The molecule has 0 fully saturated rings. The molecule has 0 atom stereocenters. The Hall–Kier alpha value is -6.06. The third-order valence-corrected chi connectivity index (χ3v) is 8.69. The van der Waals surface area contributed by atoms with E-state index < -0.39 is 0 Å². The molecule has 8 aromatic rings. The summed E-state index contributed by atoms with van der Waals surface area (Å²) < 4.78 is 13.1. The second-order valence-corrected chi connectivity index (χ2v) is 11.3. The van der Waals surface area contributed by atoms with Gasteiger partial charge in [-0.15, -0.1) is 0 Å². The van der Waals surface area contributed by atoms with Crippen LogP contribution in [0.3, 0.4) is 0 Å². The average molecular weight is 578 g/mol. The van der Waals surface area contributed by atoms with Crippen molar-refractivity contribution in [3.8, 4) is 44.9 Å². The Bertz CT molecular complexity index is 2350. The minimum atomic E-state index is 0.831. The van der Waals surface area contributed by atoms with Crippen molar-refractivity contribution in [2.45, 2.75) is 0 Å². The molecular formula is C42H27NO2. The van der Waals surface area contributed by atoms with Gasteiger partial charge in [-0.3, -0.25) is 0 Å². The molecule has 0 saturated heterocycles. The van der Waals surface area contributed by atoms with Gasteiger partial charge in [-0.2, -0.15) is 0 Å². The molecule has 0 unspecified atom stereocenters. The van der Waals surface area contributed by atoms with Crippen LogP contribution in [0.25, 0.3) is 55.3 Å². The number of hydrogen-bond donors (Lipinski definition) is 0. The molecule has 3 nitrogen and oxygen atoms in total. The van der Waals surface area contributed by atoms with Crippen molar-refractivity contribution in [2.75, 3.05) is 4.90 Å². The Kier molecular flexibility index (Phi) is 5.82. The van der Waals surface area contributed by atoms with Gasteiger partial charge >= 0.3 is 0 Å². The fourth-order valence-electron chi connectivity index (χ4n) is 6.58. The van der Waals surface area contributed by atoms with E-state index >= 15 is 0 Å². The van der Waals surface area contributed by atoms with Crippen LogP contribution in [0, 0.1) is 0 Å². The van der Waals surface area contributed by atoms with Gasteiger partial charge in [0.25, 0.3) is 0 Å². The summed E-state index contributed by atoms with van der Waals surface area (Å²) in [6, 6.07) is 57.2. The van der Waals surface area contributed by atoms with Crippen molar-refractivity contribution >= 4 is 39.0 Å². The van der Waals surface area contributed by atoms with E-state index in [4.69, 9.17) is 9.15 Å². The summed E-state index contributed by atoms with van der Waals surface area (Å²) >= 11 is 0. The van der Waals surface area contributed by atoms with Crippen molar-refractivity contribution < 1.29 is 9.15 Å². The molecule has 1 aliphatic rings. The molecule has 9 rings (SSSR count). The maximum absolute atomic E-state index is 6.57. The standard InChI is InChI=1S/C42H27NO2/c1-2-11-28(12-3-1)29-21-23-30(24-22-29)43(38-18-10-17-36-35-16-7-9-20-40(35)45-42(36)38)31-25-26-41-37(27-31)33-14-5-4-13-32(33)34-15-6-8-19-39(34)44-41/h1-27H. The number of furan rings is 1. The molecule has 0 spiro atoms. The molecule has 0 saturated carbocycles. The quantitative estimate of drug-likeness (QED) is 0.208. The minimum absolute atomic E-state index is 0.831. The Morgan fingerprint density at radius 2 is 1.02 bits per heavy atom. The van der Waals surface area contributed by atoms with Crippen LogP contribution in [0.1, 0.15) is 0 Å². The molecule has 45 heavy (non-hydrogen) atoms. The molecule has 1 aromatic heterocycles. The lowest BCUT2D eigenvalue weighted by molar-refractivity contribution is 0.488. The average Bonchev–Trinajstić information content (AvgIpc) is 3.43. The van der Waals surface area contributed by atoms with E-state index in [0.717, 1.165) is 72.8 Å². The second kappa shape index (κ2) is 10.3. The Labute approximate surface area is 261 Å². The van der Waals surface area contributed by atoms with E-state index in [1.165, 1.54) is 11.1 Å². The van der Waals surface area contributed by atoms with E-state index in [0.29, 0.717) is 0 Å². The number of para-hydroxylation sites is 3. The first-order valence-electron chi connectivity index (χ1n) is 15.2. The van der Waals surface area contributed by atoms with Crippen molar-refractivity contribution in [1.29, 1.82) is 0 Å². The van der Waals surface area contributed by atoms with Crippen LogP contribution < -0.4 is 9.64 Å². The van der Waals surface area contributed by atoms with Crippen LogP contribution in [-0.4, -0.2) is 0 Å². The summed E-state index contributed by atoms with van der Waals surface area (Å²) in [7, 11) is 0. The van der Waals surface area contributed by atoms with E-state index in [1.54, 1.807) is 0 Å². The number of anilines is 3. The van der Waals surface area contributed by atoms with E-state index in [9.17, 15) is 0 Å². The fourth-order valence-corrected chi connectivity index (χ4v) is 6.58. The molecule has 2 heterocycles. The highest BCUT2D eigenvalue weighted by Crippen LogP contribution is 2.49. The molecular weight excluding hydrogens is 550 g/mol. The van der Waals surface area contributed by atoms with Gasteiger partial charge < -0.3 is 14.1 Å². The number of nitrogens with zero attached hydrogens (tertiary/aromatic N) is 1. The number of benzene rings is 7. The van der Waals surface area contributed by atoms with Crippen molar-refractivity contribution in [3.05, 3.63) is 164 Å². The van der Waals surface area contributed by atoms with Crippen molar-refractivity contribution in [3.63, 3.8) is 0 Å². The van der Waals surface area contributed by atoms with Gasteiger partial charge in [0.15, 0.2) is 5.58 Å². The van der Waals surface area contributed by atoms with Gasteiger partial charge in [0.2, 0.25) is 0 Å². The molecule has 0 amide bonds. The third kappa shape index (κ3) is 4.21. The lowest BCUT2D eigenvalue weighted by Gasteiger charge is -2.26. The van der Waals surface area contributed by atoms with Gasteiger partial charge in [0.05, 0.1) is 5.69 Å². The molecule has 1 aliphatic heterocycles. The topological polar surface area (TPSA) is 25.6 Å². The second-order valence-electron chi connectivity index (χ2n) is 11.3. The third-order valence-electron chi connectivity index (χ3n) is 8.69. The Balaban J connectivity index is 1.27. The lowest BCUT2D eigenvalue weighted by atomic mass is 9.94. The molecule has 0 aliphatic carbocycles. The largest absolute Gasteiger partial charge is 0.456 e. The highest BCUT2D eigenvalue weighted by atomic mass is 16.5. The zero-order chi connectivity index (χ0) is 29.7. The lowest BCUT2D eigenvalue weighted by Crippen LogP contribution is -2.10. The van der Waals surface area contributed by atoms with Gasteiger partial charge in [0.1, 0.15) is 17.1 Å². The maximum Gasteiger partial charge on any atom is 0.159 e. The summed E-state index contributed by atoms with van der Waals surface area (Å²) in [6.07, 6.45) is 0. The summed E-state index contributed by atoms with van der Waals surface area (Å²) in [5, 5.41) is 2.20. The molecule has 7 aromatic carbocycles. The number of hydrogen-bond acceptors (Lipinski definition) is 3. The first kappa shape index (κ1) is 25.4. The maximum atomic E-state index is 6.57. The van der Waals surface area contributed by atoms with Crippen molar-refractivity contribution in [2.24, 2.45) is 0 Å². The van der Waals surface area contributed by atoms with E-state index in [-0.39, 0.29) is 0 Å². The monoisotopic (exact) mass is 577 g/mol. The predicted molar refractivity (Wildman–Crippen MR) is 185 cm³/mol. The van der Waals surface area contributed by atoms with Gasteiger partial charge in [0, 0.05) is 33.3 Å². The van der Waals surface area contributed by atoms with Crippen LogP contribution in [0.15, 0.2) is 168 Å². The Morgan fingerprint density at radius 1 is 0.400 bits per heavy atom. The van der Waals surface area contributed by atoms with Gasteiger partial charge in [-0.25, -0.2) is 0 Å². The van der Waals surface area contributed by atoms with Gasteiger partial charge in [-0.1, -0.05) is 115 Å². The fraction of sp³-hybridized carbons (Fsp3) is 0. The van der Waals surface area contributed by atoms with E-state index in [1.807, 2.05) is 30.3 Å². The summed E-state index contributed by atoms with van der Waals surface area (Å²) in [5.74, 6) is 1.69. The van der Waals surface area contributed by atoms with Gasteiger partial charge in [-0.05, 0) is 70.8 Å². The normalized spacial score (nSPS) is 11.7. The zero-order valence-electron chi connectivity index (χ0n) is 24.4. The number of fused-ring (bicyclic) bond motifs is 8. The molecule has 0 N–H and O–H groups in total. The minimum Gasteiger partial charge on any atom is -0.456 e. The number of ether oxygens (including phenoxy) is 1. The van der Waals surface area contributed by atoms with Crippen LogP contribution in [-0.2, 0) is 0 Å². The smallest absolute Gasteiger partial charge is 0.159 e. The zero-order valence-corrected chi connectivity index (χ0v) is 24.4. The van der Waals surface area contributed by atoms with Crippen molar-refractivity contribution in [1.82, 2.24) is 0 Å².